The lowest BCUT2D eigenvalue weighted by Crippen LogP contribution is -2.32. The van der Waals surface area contributed by atoms with Crippen LogP contribution in [0.4, 0.5) is 14.5 Å². The summed E-state index contributed by atoms with van der Waals surface area (Å²) in [4.78, 5) is 35.7. The summed E-state index contributed by atoms with van der Waals surface area (Å²) in [5, 5.41) is 2.61. The van der Waals surface area contributed by atoms with Gasteiger partial charge >= 0.3 is 0 Å². The molecule has 0 aliphatic carbocycles. The maximum Gasteiger partial charge on any atom is 0.261 e. The number of nitrogens with one attached hydrogen (secondary N) is 1. The van der Waals surface area contributed by atoms with E-state index in [1.54, 1.807) is 13.0 Å². The van der Waals surface area contributed by atoms with Crippen molar-refractivity contribution in [2.75, 3.05) is 19.5 Å². The monoisotopic (exact) mass is 600 g/mol. The predicted octanol–water partition coefficient (Wildman–Crippen LogP) is 6.86. The molecule has 0 bridgehead atoms. The second kappa shape index (κ2) is 11.8. The summed E-state index contributed by atoms with van der Waals surface area (Å²) in [5.41, 5.74) is 1.08. The van der Waals surface area contributed by atoms with Crippen molar-refractivity contribution in [3.05, 3.63) is 100 Å². The number of hydrogen-bond acceptors (Lipinski definition) is 7. The molecule has 0 unspecified atom stereocenters. The topological polar surface area (TPSA) is 105 Å². The molecule has 2 aromatic carbocycles. The van der Waals surface area contributed by atoms with Gasteiger partial charge in [-0.3, -0.25) is 14.6 Å². The first-order valence-corrected chi connectivity index (χ1v) is 13.6. The van der Waals surface area contributed by atoms with E-state index in [1.165, 1.54) is 69.1 Å². The highest BCUT2D eigenvalue weighted by Crippen LogP contribution is 2.35. The van der Waals surface area contributed by atoms with Crippen molar-refractivity contribution in [2.45, 2.75) is 33.2 Å². The van der Waals surface area contributed by atoms with Gasteiger partial charge in [0.1, 0.15) is 16.9 Å². The summed E-state index contributed by atoms with van der Waals surface area (Å²) in [7, 11) is 2.92. The van der Waals surface area contributed by atoms with Crippen LogP contribution >= 0.6 is 0 Å². The summed E-state index contributed by atoms with van der Waals surface area (Å²) in [5.74, 6) is -1.26. The molecule has 0 saturated carbocycles. The molecule has 0 radical (unpaired) electrons. The number of rotatable bonds is 7. The van der Waals surface area contributed by atoms with Crippen LogP contribution in [0, 0.1) is 18.6 Å². The lowest BCUT2D eigenvalue weighted by atomic mass is 9.98. The van der Waals surface area contributed by atoms with Gasteiger partial charge in [0.25, 0.3) is 11.8 Å². The van der Waals surface area contributed by atoms with Crippen LogP contribution in [0.5, 0.6) is 23.1 Å². The van der Waals surface area contributed by atoms with Gasteiger partial charge in [0.2, 0.25) is 5.43 Å². The Morgan fingerprint density at radius 3 is 2.30 bits per heavy atom. The van der Waals surface area contributed by atoms with Crippen molar-refractivity contribution in [3.63, 3.8) is 0 Å². The summed E-state index contributed by atoms with van der Waals surface area (Å²) in [6, 6.07) is 12.6. The van der Waals surface area contributed by atoms with Crippen LogP contribution in [-0.2, 0) is 5.54 Å². The summed E-state index contributed by atoms with van der Waals surface area (Å²) < 4.78 is 47.1. The molecule has 0 saturated heterocycles. The normalized spacial score (nSPS) is 11.4. The van der Waals surface area contributed by atoms with Crippen LogP contribution in [-0.4, -0.2) is 34.7 Å². The van der Waals surface area contributed by atoms with Crippen LogP contribution in [0.1, 0.15) is 36.8 Å². The summed E-state index contributed by atoms with van der Waals surface area (Å²) in [6.07, 6.45) is 2.97. The molecular formula is C33H30F2N4O5. The highest BCUT2D eigenvalue weighted by atomic mass is 19.1. The zero-order valence-electron chi connectivity index (χ0n) is 25.0. The molecule has 5 rings (SSSR count). The molecule has 44 heavy (non-hydrogen) atoms. The number of carbonyl (C=O) groups excluding carboxylic acids is 1. The van der Waals surface area contributed by atoms with Crippen LogP contribution in [0.2, 0.25) is 0 Å². The molecule has 9 nitrogen and oxygen atoms in total. The van der Waals surface area contributed by atoms with Crippen LogP contribution in [0.3, 0.4) is 0 Å². The zero-order chi connectivity index (χ0) is 31.8. The van der Waals surface area contributed by atoms with Crippen molar-refractivity contribution >= 4 is 22.6 Å². The van der Waals surface area contributed by atoms with E-state index in [0.29, 0.717) is 28.0 Å². The Kier molecular flexibility index (Phi) is 8.05. The number of aromatic nitrogens is 3. The fraction of sp³-hybridized carbons (Fsp3) is 0.212. The van der Waals surface area contributed by atoms with E-state index in [-0.39, 0.29) is 34.2 Å². The van der Waals surface area contributed by atoms with Gasteiger partial charge < -0.3 is 24.1 Å². The van der Waals surface area contributed by atoms with E-state index in [2.05, 4.69) is 15.3 Å². The predicted molar refractivity (Wildman–Crippen MR) is 163 cm³/mol. The molecule has 1 N–H and O–H groups in total. The first-order valence-electron chi connectivity index (χ1n) is 13.6. The number of anilines is 1. The number of carbonyl (C=O) groups is 1. The Labute approximate surface area is 252 Å². The van der Waals surface area contributed by atoms with Gasteiger partial charge in [0, 0.05) is 53.1 Å². The van der Waals surface area contributed by atoms with Crippen molar-refractivity contribution < 1.29 is 27.8 Å². The van der Waals surface area contributed by atoms with Gasteiger partial charge in [0.15, 0.2) is 23.1 Å². The molecule has 1 amide bonds. The lowest BCUT2D eigenvalue weighted by molar-refractivity contribution is 0.102. The Bertz CT molecular complexity index is 1950. The van der Waals surface area contributed by atoms with Gasteiger partial charge in [-0.1, -0.05) is 12.1 Å². The minimum Gasteiger partial charge on any atom is -0.491 e. The number of methoxy groups -OCH3 is 2. The van der Waals surface area contributed by atoms with Gasteiger partial charge in [-0.05, 0) is 57.5 Å². The van der Waals surface area contributed by atoms with E-state index < -0.39 is 28.5 Å². The molecule has 3 heterocycles. The van der Waals surface area contributed by atoms with Gasteiger partial charge in [-0.15, -0.1) is 0 Å². The van der Waals surface area contributed by atoms with E-state index in [0.717, 1.165) is 6.07 Å². The molecule has 0 spiro atoms. The Hall–Kier alpha value is -5.32. The quantitative estimate of drug-likeness (QED) is 0.218. The SMILES string of the molecule is COc1cc2nccc(Oc3ccc(NC(=O)c4cn(C(C)(C)C)c(C)c(-c5ccc(F)cc5)c4=O)cc3F)c2nc1OC. The summed E-state index contributed by atoms with van der Waals surface area (Å²) in [6.45, 7) is 7.57. The second-order valence-corrected chi connectivity index (χ2v) is 11.0. The lowest BCUT2D eigenvalue weighted by Gasteiger charge is -2.28. The number of benzene rings is 2. The third-order valence-electron chi connectivity index (χ3n) is 6.98. The standard InChI is InChI=1S/C33H30F2N4O5/c1-18-28(19-7-9-20(34)10-8-19)30(40)22(17-39(18)33(2,3)4)31(41)37-21-11-12-25(23(35)15-21)44-26-13-14-36-24-16-27(42-5)32(43-6)38-29(24)26/h7-17H,1-6H3,(H,37,41). The van der Waals surface area contributed by atoms with E-state index in [4.69, 9.17) is 14.2 Å². The molecular weight excluding hydrogens is 570 g/mol. The van der Waals surface area contributed by atoms with Crippen molar-refractivity contribution in [2.24, 2.45) is 0 Å². The number of ether oxygens (including phenoxy) is 3. The maximum atomic E-state index is 15.3. The average molecular weight is 601 g/mol. The third kappa shape index (κ3) is 5.81. The number of pyridine rings is 3. The van der Waals surface area contributed by atoms with Crippen LogP contribution in [0.25, 0.3) is 22.2 Å². The fourth-order valence-corrected chi connectivity index (χ4v) is 4.88. The van der Waals surface area contributed by atoms with E-state index >= 15 is 4.39 Å². The van der Waals surface area contributed by atoms with Gasteiger partial charge in [-0.25, -0.2) is 13.8 Å². The maximum absolute atomic E-state index is 15.3. The molecule has 0 fully saturated rings. The van der Waals surface area contributed by atoms with Crippen LogP contribution in [0.15, 0.2) is 71.8 Å². The molecule has 0 aliphatic rings. The smallest absolute Gasteiger partial charge is 0.261 e. The van der Waals surface area contributed by atoms with Crippen molar-refractivity contribution in [1.29, 1.82) is 0 Å². The zero-order valence-corrected chi connectivity index (χ0v) is 25.0. The highest BCUT2D eigenvalue weighted by molar-refractivity contribution is 6.04. The first-order chi connectivity index (χ1) is 20.9. The summed E-state index contributed by atoms with van der Waals surface area (Å²) >= 11 is 0. The molecule has 226 valence electrons. The van der Waals surface area contributed by atoms with Gasteiger partial charge in [0.05, 0.1) is 19.7 Å². The number of fused-ring (bicyclic) bond motifs is 1. The number of halogens is 2. The van der Waals surface area contributed by atoms with E-state index in [9.17, 15) is 14.0 Å². The Morgan fingerprint density at radius 1 is 0.932 bits per heavy atom. The van der Waals surface area contributed by atoms with Crippen molar-refractivity contribution in [3.8, 4) is 34.3 Å². The Morgan fingerprint density at radius 2 is 1.66 bits per heavy atom. The minimum atomic E-state index is -0.767. The molecule has 3 aromatic heterocycles. The molecule has 0 atom stereocenters. The number of hydrogen-bond donors (Lipinski definition) is 1. The second-order valence-electron chi connectivity index (χ2n) is 11.0. The minimum absolute atomic E-state index is 0.106. The molecule has 5 aromatic rings. The molecule has 0 aliphatic heterocycles. The number of nitrogens with zero attached hydrogens (tertiary/aromatic N) is 3. The average Bonchev–Trinajstić information content (AvgIpc) is 2.98. The Balaban J connectivity index is 1.47. The largest absolute Gasteiger partial charge is 0.491 e. The molecule has 11 heteroatoms. The fourth-order valence-electron chi connectivity index (χ4n) is 4.88. The van der Waals surface area contributed by atoms with Gasteiger partial charge in [-0.2, -0.15) is 0 Å². The van der Waals surface area contributed by atoms with E-state index in [1.807, 2.05) is 25.3 Å². The highest BCUT2D eigenvalue weighted by Gasteiger charge is 2.24. The third-order valence-corrected chi connectivity index (χ3v) is 6.98. The van der Waals surface area contributed by atoms with Crippen molar-refractivity contribution in [1.82, 2.24) is 14.5 Å². The first kappa shape index (κ1) is 30.1. The van der Waals surface area contributed by atoms with Crippen LogP contribution < -0.4 is 25.0 Å². The number of amides is 1.